The molecule has 1 aromatic heterocycles. The molecule has 2 aliphatic heterocycles. The molecule has 6 heteroatoms. The topological polar surface area (TPSA) is 60.9 Å². The first kappa shape index (κ1) is 17.8. The standard InChI is InChI=1S/C21H24N2O4/c1-16-4-6-17(7-5-16)25-13-20(24)23-14-21(15-23)11-18(8-10-26-21)27-19-3-2-9-22-12-19/h2-7,9,12,18H,8,10-11,13-15H2,1H3/t18-/m0/s1. The van der Waals surface area contributed by atoms with Crippen LogP contribution in [0.25, 0.3) is 0 Å². The Bertz CT molecular complexity index is 773. The number of hydrogen-bond acceptors (Lipinski definition) is 5. The smallest absolute Gasteiger partial charge is 0.260 e. The van der Waals surface area contributed by atoms with Crippen LogP contribution in [-0.2, 0) is 9.53 Å². The van der Waals surface area contributed by atoms with Crippen LogP contribution in [0.4, 0.5) is 0 Å². The number of benzene rings is 1. The first-order valence-corrected chi connectivity index (χ1v) is 9.30. The molecule has 0 radical (unpaired) electrons. The third-order valence-electron chi connectivity index (χ3n) is 5.08. The van der Waals surface area contributed by atoms with E-state index in [0.717, 1.165) is 24.2 Å². The molecule has 6 nitrogen and oxygen atoms in total. The minimum Gasteiger partial charge on any atom is -0.489 e. The SMILES string of the molecule is Cc1ccc(OCC(=O)N2CC3(C[C@@H](Oc4cccnc4)CCO3)C2)cc1. The number of amides is 1. The first-order valence-electron chi connectivity index (χ1n) is 9.30. The number of likely N-dealkylation sites (tertiary alicyclic amines) is 1. The summed E-state index contributed by atoms with van der Waals surface area (Å²) in [5, 5.41) is 0. The van der Waals surface area contributed by atoms with Gasteiger partial charge in [0.15, 0.2) is 6.61 Å². The first-order chi connectivity index (χ1) is 13.1. The van der Waals surface area contributed by atoms with Crippen molar-refractivity contribution < 1.29 is 19.0 Å². The van der Waals surface area contributed by atoms with Crippen LogP contribution >= 0.6 is 0 Å². The second-order valence-electron chi connectivity index (χ2n) is 7.30. The van der Waals surface area contributed by atoms with E-state index in [1.54, 1.807) is 17.3 Å². The number of hydrogen-bond donors (Lipinski definition) is 0. The summed E-state index contributed by atoms with van der Waals surface area (Å²) in [7, 11) is 0. The number of aryl methyl sites for hydroxylation is 1. The Labute approximate surface area is 159 Å². The summed E-state index contributed by atoms with van der Waals surface area (Å²) in [6.07, 6.45) is 5.17. The van der Waals surface area contributed by atoms with Crippen molar-refractivity contribution in [2.75, 3.05) is 26.3 Å². The molecule has 3 heterocycles. The van der Waals surface area contributed by atoms with E-state index in [9.17, 15) is 4.79 Å². The van der Waals surface area contributed by atoms with Crippen molar-refractivity contribution in [2.45, 2.75) is 31.5 Å². The number of carbonyl (C=O) groups excluding carboxylic acids is 1. The fraction of sp³-hybridized carbons (Fsp3) is 0.429. The Morgan fingerprint density at radius 2 is 2.07 bits per heavy atom. The van der Waals surface area contributed by atoms with Crippen LogP contribution in [0.1, 0.15) is 18.4 Å². The minimum atomic E-state index is -0.287. The largest absolute Gasteiger partial charge is 0.489 e. The number of rotatable bonds is 5. The van der Waals surface area contributed by atoms with E-state index in [4.69, 9.17) is 14.2 Å². The monoisotopic (exact) mass is 368 g/mol. The van der Waals surface area contributed by atoms with E-state index in [0.29, 0.717) is 25.4 Å². The quantitative estimate of drug-likeness (QED) is 0.812. The van der Waals surface area contributed by atoms with Crippen LogP contribution in [0.2, 0.25) is 0 Å². The average molecular weight is 368 g/mol. The van der Waals surface area contributed by atoms with Crippen LogP contribution < -0.4 is 9.47 Å². The summed E-state index contributed by atoms with van der Waals surface area (Å²) in [4.78, 5) is 18.2. The van der Waals surface area contributed by atoms with E-state index < -0.39 is 0 Å². The van der Waals surface area contributed by atoms with Crippen LogP contribution in [0, 0.1) is 6.92 Å². The number of aromatic nitrogens is 1. The zero-order valence-electron chi connectivity index (χ0n) is 15.5. The molecule has 0 saturated carbocycles. The number of pyridine rings is 1. The van der Waals surface area contributed by atoms with Crippen molar-refractivity contribution in [3.8, 4) is 11.5 Å². The third kappa shape index (κ3) is 4.22. The van der Waals surface area contributed by atoms with Gasteiger partial charge in [0.2, 0.25) is 0 Å². The third-order valence-corrected chi connectivity index (χ3v) is 5.08. The lowest BCUT2D eigenvalue weighted by molar-refractivity contribution is -0.194. The molecule has 2 aromatic rings. The predicted molar refractivity (Wildman–Crippen MR) is 99.8 cm³/mol. The lowest BCUT2D eigenvalue weighted by Crippen LogP contribution is -2.68. The summed E-state index contributed by atoms with van der Waals surface area (Å²) in [5.74, 6) is 1.47. The van der Waals surface area contributed by atoms with Gasteiger partial charge in [-0.2, -0.15) is 0 Å². The predicted octanol–water partition coefficient (Wildman–Crippen LogP) is 2.61. The highest BCUT2D eigenvalue weighted by Gasteiger charge is 2.49. The second kappa shape index (κ2) is 7.56. The minimum absolute atomic E-state index is 0.0138. The molecule has 0 unspecified atom stereocenters. The van der Waals surface area contributed by atoms with Gasteiger partial charge in [-0.15, -0.1) is 0 Å². The molecule has 2 saturated heterocycles. The Hall–Kier alpha value is -2.60. The van der Waals surface area contributed by atoms with Gasteiger partial charge >= 0.3 is 0 Å². The molecule has 0 bridgehead atoms. The molecular formula is C21H24N2O4. The molecule has 1 spiro atoms. The van der Waals surface area contributed by atoms with Crippen LogP contribution in [0.3, 0.4) is 0 Å². The van der Waals surface area contributed by atoms with E-state index in [1.807, 2.05) is 43.3 Å². The van der Waals surface area contributed by atoms with Gasteiger partial charge in [-0.25, -0.2) is 0 Å². The summed E-state index contributed by atoms with van der Waals surface area (Å²) in [5.41, 5.74) is 0.876. The van der Waals surface area contributed by atoms with Gasteiger partial charge in [-0.3, -0.25) is 9.78 Å². The summed E-state index contributed by atoms with van der Waals surface area (Å²) in [6, 6.07) is 11.5. The van der Waals surface area contributed by atoms with Gasteiger partial charge in [0.05, 0.1) is 25.9 Å². The molecule has 4 rings (SSSR count). The van der Waals surface area contributed by atoms with E-state index in [2.05, 4.69) is 4.98 Å². The molecule has 2 fully saturated rings. The molecule has 1 aromatic carbocycles. The van der Waals surface area contributed by atoms with Gasteiger partial charge in [0.1, 0.15) is 23.2 Å². The van der Waals surface area contributed by atoms with Gasteiger partial charge in [0.25, 0.3) is 5.91 Å². The molecule has 0 aliphatic carbocycles. The zero-order valence-corrected chi connectivity index (χ0v) is 15.5. The van der Waals surface area contributed by atoms with E-state index >= 15 is 0 Å². The van der Waals surface area contributed by atoms with Crippen LogP contribution in [0.5, 0.6) is 11.5 Å². The summed E-state index contributed by atoms with van der Waals surface area (Å²) >= 11 is 0. The van der Waals surface area contributed by atoms with Gasteiger partial charge < -0.3 is 19.1 Å². The second-order valence-corrected chi connectivity index (χ2v) is 7.30. The highest BCUT2D eigenvalue weighted by Crippen LogP contribution is 2.35. The van der Waals surface area contributed by atoms with Crippen molar-refractivity contribution >= 4 is 5.91 Å². The van der Waals surface area contributed by atoms with Crippen LogP contribution in [-0.4, -0.2) is 53.8 Å². The molecule has 1 amide bonds. The van der Waals surface area contributed by atoms with Crippen molar-refractivity contribution in [3.05, 3.63) is 54.4 Å². The lowest BCUT2D eigenvalue weighted by atomic mass is 9.84. The Kier molecular flexibility index (Phi) is 4.99. The van der Waals surface area contributed by atoms with E-state index in [1.165, 1.54) is 0 Å². The lowest BCUT2D eigenvalue weighted by Gasteiger charge is -2.52. The zero-order chi connectivity index (χ0) is 18.7. The molecule has 0 N–H and O–H groups in total. The fourth-order valence-corrected chi connectivity index (χ4v) is 3.61. The van der Waals surface area contributed by atoms with Crippen molar-refractivity contribution in [3.63, 3.8) is 0 Å². The average Bonchev–Trinajstić information content (AvgIpc) is 2.66. The Balaban J connectivity index is 1.26. The number of carbonyl (C=O) groups is 1. The molecule has 27 heavy (non-hydrogen) atoms. The molecule has 1 atom stereocenters. The van der Waals surface area contributed by atoms with E-state index in [-0.39, 0.29) is 24.2 Å². The fourth-order valence-electron chi connectivity index (χ4n) is 3.61. The Morgan fingerprint density at radius 1 is 1.26 bits per heavy atom. The molecule has 2 aliphatic rings. The molecular weight excluding hydrogens is 344 g/mol. The Morgan fingerprint density at radius 3 is 2.81 bits per heavy atom. The summed E-state index contributed by atoms with van der Waals surface area (Å²) in [6.45, 7) is 3.90. The maximum Gasteiger partial charge on any atom is 0.260 e. The van der Waals surface area contributed by atoms with Crippen molar-refractivity contribution in [2.24, 2.45) is 0 Å². The number of ether oxygens (including phenoxy) is 3. The van der Waals surface area contributed by atoms with Crippen molar-refractivity contribution in [1.29, 1.82) is 0 Å². The maximum absolute atomic E-state index is 12.4. The van der Waals surface area contributed by atoms with Gasteiger partial charge in [0, 0.05) is 19.0 Å². The van der Waals surface area contributed by atoms with Crippen molar-refractivity contribution in [1.82, 2.24) is 9.88 Å². The van der Waals surface area contributed by atoms with Gasteiger partial charge in [-0.1, -0.05) is 17.7 Å². The normalized spacial score (nSPS) is 20.8. The van der Waals surface area contributed by atoms with Gasteiger partial charge in [-0.05, 0) is 31.2 Å². The maximum atomic E-state index is 12.4. The number of nitrogens with zero attached hydrogens (tertiary/aromatic N) is 2. The highest BCUT2D eigenvalue weighted by atomic mass is 16.5. The summed E-state index contributed by atoms with van der Waals surface area (Å²) < 4.78 is 17.6. The highest BCUT2D eigenvalue weighted by molar-refractivity contribution is 5.79. The van der Waals surface area contributed by atoms with Crippen LogP contribution in [0.15, 0.2) is 48.8 Å². The molecule has 142 valence electrons.